The second-order valence-electron chi connectivity index (χ2n) is 3.58. The fraction of sp³-hybridized carbons (Fsp3) is 0.333. The molecular formula is C12H9BrF3NO2S. The molecule has 0 unspecified atom stereocenters. The summed E-state index contributed by atoms with van der Waals surface area (Å²) >= 11 is 2.68. The molecule has 0 bridgehead atoms. The summed E-state index contributed by atoms with van der Waals surface area (Å²) in [4.78, 5) is 11.3. The average molecular weight is 368 g/mol. The molecule has 0 atom stereocenters. The number of nitriles is 1. The maximum absolute atomic E-state index is 12.4. The molecule has 0 aromatic heterocycles. The lowest BCUT2D eigenvalue weighted by Gasteiger charge is -2.11. The van der Waals surface area contributed by atoms with Crippen LogP contribution in [-0.4, -0.2) is 18.1 Å². The van der Waals surface area contributed by atoms with Crippen LogP contribution >= 0.6 is 27.7 Å². The Balaban J connectivity index is 3.12. The molecule has 0 aliphatic heterocycles. The summed E-state index contributed by atoms with van der Waals surface area (Å²) in [5.74, 6) is -0.589. The maximum atomic E-state index is 12.4. The topological polar surface area (TPSA) is 50.1 Å². The van der Waals surface area contributed by atoms with Gasteiger partial charge in [-0.25, -0.2) is 0 Å². The van der Waals surface area contributed by atoms with Gasteiger partial charge in [0.25, 0.3) is 0 Å². The normalized spacial score (nSPS) is 11.0. The quantitative estimate of drug-likeness (QED) is 0.595. The highest BCUT2D eigenvalue weighted by Crippen LogP contribution is 2.41. The van der Waals surface area contributed by atoms with E-state index in [1.165, 1.54) is 12.1 Å². The number of benzene rings is 1. The fourth-order valence-electron chi connectivity index (χ4n) is 1.42. The molecule has 1 aromatic rings. The third kappa shape index (κ3) is 5.06. The Kier molecular flexibility index (Phi) is 5.89. The van der Waals surface area contributed by atoms with E-state index in [0.29, 0.717) is 0 Å². The van der Waals surface area contributed by atoms with Crippen molar-refractivity contribution in [1.29, 1.82) is 5.26 Å². The molecule has 0 amide bonds. The number of halogens is 4. The van der Waals surface area contributed by atoms with Crippen molar-refractivity contribution in [2.75, 3.05) is 6.61 Å². The molecule has 0 N–H and O–H groups in total. The number of hydrogen-bond acceptors (Lipinski definition) is 4. The largest absolute Gasteiger partial charge is 0.466 e. The van der Waals surface area contributed by atoms with Crippen LogP contribution < -0.4 is 0 Å². The molecule has 0 aliphatic rings. The smallest absolute Gasteiger partial charge is 0.446 e. The molecule has 0 radical (unpaired) electrons. The number of carbonyl (C=O) groups excluding carboxylic acids is 1. The van der Waals surface area contributed by atoms with E-state index in [1.807, 2.05) is 6.07 Å². The summed E-state index contributed by atoms with van der Waals surface area (Å²) in [7, 11) is 0. The first kappa shape index (κ1) is 16.9. The van der Waals surface area contributed by atoms with E-state index in [1.54, 1.807) is 6.92 Å². The van der Waals surface area contributed by atoms with Gasteiger partial charge in [-0.15, -0.1) is 0 Å². The average Bonchev–Trinajstić information content (AvgIpc) is 2.31. The third-order valence-electron chi connectivity index (χ3n) is 2.14. The molecule has 1 aromatic carbocycles. The van der Waals surface area contributed by atoms with Gasteiger partial charge in [0, 0.05) is 9.37 Å². The molecule has 1 rings (SSSR count). The number of nitrogens with zero attached hydrogens (tertiary/aromatic N) is 1. The van der Waals surface area contributed by atoms with E-state index in [4.69, 9.17) is 10.00 Å². The van der Waals surface area contributed by atoms with E-state index < -0.39 is 11.5 Å². The van der Waals surface area contributed by atoms with Gasteiger partial charge in [0.2, 0.25) is 0 Å². The zero-order valence-corrected chi connectivity index (χ0v) is 12.7. The van der Waals surface area contributed by atoms with Gasteiger partial charge >= 0.3 is 11.5 Å². The molecule has 0 spiro atoms. The molecule has 0 fully saturated rings. The summed E-state index contributed by atoms with van der Waals surface area (Å²) in [5.41, 5.74) is -4.10. The van der Waals surface area contributed by atoms with Crippen molar-refractivity contribution in [2.24, 2.45) is 0 Å². The summed E-state index contributed by atoms with van der Waals surface area (Å²) in [6, 6.07) is 4.29. The summed E-state index contributed by atoms with van der Waals surface area (Å²) in [6.45, 7) is 1.79. The van der Waals surface area contributed by atoms with Crippen molar-refractivity contribution in [2.45, 2.75) is 23.7 Å². The first-order chi connectivity index (χ1) is 9.26. The molecule has 0 heterocycles. The van der Waals surface area contributed by atoms with Crippen molar-refractivity contribution in [3.8, 4) is 6.07 Å². The predicted octanol–water partition coefficient (Wildman–Crippen LogP) is 4.04. The first-order valence-electron chi connectivity index (χ1n) is 5.40. The number of hydrogen-bond donors (Lipinski definition) is 0. The van der Waals surface area contributed by atoms with Crippen LogP contribution in [0.5, 0.6) is 0 Å². The van der Waals surface area contributed by atoms with E-state index in [0.717, 1.165) is 0 Å². The van der Waals surface area contributed by atoms with Gasteiger partial charge in [-0.2, -0.15) is 18.4 Å². The molecule has 108 valence electrons. The van der Waals surface area contributed by atoms with E-state index in [-0.39, 0.29) is 45.3 Å². The molecule has 3 nitrogen and oxygen atoms in total. The Morgan fingerprint density at radius 3 is 2.65 bits per heavy atom. The Hall–Kier alpha value is -1.20. The number of carbonyl (C=O) groups is 1. The standard InChI is InChI=1S/C12H9BrF3NO2S/c1-2-19-11(18)5-7-4-10(20-12(14,15)16)9(13)3-8(7)6-17/h3-4H,2,5H2,1H3. The van der Waals surface area contributed by atoms with E-state index >= 15 is 0 Å². The van der Waals surface area contributed by atoms with Gasteiger partial charge in [0.15, 0.2) is 0 Å². The van der Waals surface area contributed by atoms with Crippen molar-refractivity contribution in [3.05, 3.63) is 27.7 Å². The SMILES string of the molecule is CCOC(=O)Cc1cc(SC(F)(F)F)c(Br)cc1C#N. The van der Waals surface area contributed by atoms with Crippen LogP contribution in [0.15, 0.2) is 21.5 Å². The van der Waals surface area contributed by atoms with Crippen molar-refractivity contribution in [3.63, 3.8) is 0 Å². The van der Waals surface area contributed by atoms with Crippen molar-refractivity contribution in [1.82, 2.24) is 0 Å². The van der Waals surface area contributed by atoms with Crippen LogP contribution in [0.1, 0.15) is 18.1 Å². The number of alkyl halides is 3. The van der Waals surface area contributed by atoms with Crippen LogP contribution in [0.2, 0.25) is 0 Å². The second kappa shape index (κ2) is 6.99. The predicted molar refractivity (Wildman–Crippen MR) is 71.1 cm³/mol. The van der Waals surface area contributed by atoms with Gasteiger partial charge in [0.1, 0.15) is 0 Å². The Bertz CT molecular complexity index is 555. The zero-order valence-electron chi connectivity index (χ0n) is 10.3. The number of esters is 1. The minimum Gasteiger partial charge on any atom is -0.466 e. The highest BCUT2D eigenvalue weighted by atomic mass is 79.9. The zero-order chi connectivity index (χ0) is 15.3. The number of ether oxygens (including phenoxy) is 1. The van der Waals surface area contributed by atoms with Crippen molar-refractivity contribution < 1.29 is 22.7 Å². The molecule has 8 heteroatoms. The molecule has 0 saturated carbocycles. The Morgan fingerprint density at radius 1 is 1.50 bits per heavy atom. The third-order valence-corrected chi connectivity index (χ3v) is 3.85. The second-order valence-corrected chi connectivity index (χ2v) is 5.54. The lowest BCUT2D eigenvalue weighted by molar-refractivity contribution is -0.142. The van der Waals surface area contributed by atoms with Gasteiger partial charge in [0.05, 0.1) is 24.7 Å². The molecular weight excluding hydrogens is 359 g/mol. The van der Waals surface area contributed by atoms with Crippen LogP contribution in [0.25, 0.3) is 0 Å². The minimum atomic E-state index is -4.45. The number of rotatable bonds is 4. The van der Waals surface area contributed by atoms with Gasteiger partial charge in [-0.3, -0.25) is 4.79 Å². The Morgan fingerprint density at radius 2 is 2.15 bits per heavy atom. The molecule has 0 saturated heterocycles. The first-order valence-corrected chi connectivity index (χ1v) is 7.01. The highest BCUT2D eigenvalue weighted by Gasteiger charge is 2.30. The van der Waals surface area contributed by atoms with Crippen LogP contribution in [0, 0.1) is 11.3 Å². The monoisotopic (exact) mass is 367 g/mol. The van der Waals surface area contributed by atoms with Gasteiger partial charge in [-0.1, -0.05) is 0 Å². The lowest BCUT2D eigenvalue weighted by atomic mass is 10.1. The summed E-state index contributed by atoms with van der Waals surface area (Å²) in [6.07, 6.45) is -0.241. The molecule has 20 heavy (non-hydrogen) atoms. The maximum Gasteiger partial charge on any atom is 0.446 e. The van der Waals surface area contributed by atoms with Gasteiger partial charge < -0.3 is 4.74 Å². The summed E-state index contributed by atoms with van der Waals surface area (Å²) in [5, 5.41) is 8.96. The van der Waals surface area contributed by atoms with Crippen molar-refractivity contribution >= 4 is 33.7 Å². The Labute approximate surface area is 126 Å². The molecule has 0 aliphatic carbocycles. The van der Waals surface area contributed by atoms with Crippen LogP contribution in [0.4, 0.5) is 13.2 Å². The van der Waals surface area contributed by atoms with Crippen LogP contribution in [-0.2, 0) is 16.0 Å². The van der Waals surface area contributed by atoms with E-state index in [9.17, 15) is 18.0 Å². The van der Waals surface area contributed by atoms with Crippen LogP contribution in [0.3, 0.4) is 0 Å². The van der Waals surface area contributed by atoms with Gasteiger partial charge in [-0.05, 0) is 52.3 Å². The number of thioether (sulfide) groups is 1. The minimum absolute atomic E-state index is 0.101. The fourth-order valence-corrected chi connectivity index (χ4v) is 2.61. The van der Waals surface area contributed by atoms with E-state index in [2.05, 4.69) is 15.9 Å². The lowest BCUT2D eigenvalue weighted by Crippen LogP contribution is -2.09. The highest BCUT2D eigenvalue weighted by molar-refractivity contribution is 9.10. The summed E-state index contributed by atoms with van der Waals surface area (Å²) < 4.78 is 42.1.